The van der Waals surface area contributed by atoms with Crippen molar-refractivity contribution in [2.75, 3.05) is 19.9 Å². The average molecular weight is 267 g/mol. The van der Waals surface area contributed by atoms with Crippen LogP contribution >= 0.6 is 12.6 Å². The third-order valence-electron chi connectivity index (χ3n) is 2.94. The summed E-state index contributed by atoms with van der Waals surface area (Å²) in [5.74, 6) is 1.51. The number of carbonyl (C=O) groups excluding carboxylic acids is 1. The molecular formula is C14H21NO2S. The van der Waals surface area contributed by atoms with Gasteiger partial charge in [-0.2, -0.15) is 12.6 Å². The molecule has 4 heteroatoms. The number of thiol groups is 1. The van der Waals surface area contributed by atoms with Gasteiger partial charge in [-0.05, 0) is 17.5 Å². The Morgan fingerprint density at radius 3 is 2.61 bits per heavy atom. The van der Waals surface area contributed by atoms with Crippen LogP contribution in [0.2, 0.25) is 0 Å². The molecule has 0 unspecified atom stereocenters. The monoisotopic (exact) mass is 267 g/mol. The number of amides is 1. The van der Waals surface area contributed by atoms with Gasteiger partial charge in [-0.1, -0.05) is 26.0 Å². The molecule has 0 saturated heterocycles. The largest absolute Gasteiger partial charge is 0.496 e. The Labute approximate surface area is 115 Å². The van der Waals surface area contributed by atoms with E-state index in [-0.39, 0.29) is 11.7 Å². The highest BCUT2D eigenvalue weighted by Gasteiger charge is 2.12. The van der Waals surface area contributed by atoms with Gasteiger partial charge in [0, 0.05) is 19.2 Å². The topological polar surface area (TPSA) is 29.5 Å². The Hall–Kier alpha value is -1.16. The van der Waals surface area contributed by atoms with Crippen LogP contribution < -0.4 is 4.74 Å². The number of nitrogens with zero attached hydrogens (tertiary/aromatic N) is 1. The molecule has 0 aliphatic carbocycles. The smallest absolute Gasteiger partial charge is 0.232 e. The normalized spacial score (nSPS) is 10.6. The molecule has 0 fully saturated rings. The van der Waals surface area contributed by atoms with Gasteiger partial charge in [0.15, 0.2) is 0 Å². The molecule has 100 valence electrons. The Morgan fingerprint density at radius 2 is 2.11 bits per heavy atom. The maximum absolute atomic E-state index is 11.5. The van der Waals surface area contributed by atoms with E-state index in [0.717, 1.165) is 11.3 Å². The van der Waals surface area contributed by atoms with Crippen molar-refractivity contribution < 1.29 is 9.53 Å². The van der Waals surface area contributed by atoms with Gasteiger partial charge >= 0.3 is 0 Å². The van der Waals surface area contributed by atoms with E-state index in [9.17, 15) is 4.79 Å². The maximum Gasteiger partial charge on any atom is 0.232 e. The minimum atomic E-state index is 0.00957. The second-order valence-corrected chi connectivity index (χ2v) is 4.95. The van der Waals surface area contributed by atoms with Crippen LogP contribution in [0.4, 0.5) is 0 Å². The van der Waals surface area contributed by atoms with Crippen LogP contribution in [0.3, 0.4) is 0 Å². The van der Waals surface area contributed by atoms with Gasteiger partial charge in [-0.25, -0.2) is 0 Å². The fraction of sp³-hybridized carbons (Fsp3) is 0.500. The fourth-order valence-corrected chi connectivity index (χ4v) is 1.99. The second kappa shape index (κ2) is 6.69. The van der Waals surface area contributed by atoms with Gasteiger partial charge in [0.25, 0.3) is 0 Å². The first-order valence-electron chi connectivity index (χ1n) is 6.01. The summed E-state index contributed by atoms with van der Waals surface area (Å²) in [6, 6.07) is 6.13. The molecule has 3 nitrogen and oxygen atoms in total. The van der Waals surface area contributed by atoms with Gasteiger partial charge < -0.3 is 9.64 Å². The first-order chi connectivity index (χ1) is 8.49. The molecule has 0 radical (unpaired) electrons. The molecule has 0 heterocycles. The minimum Gasteiger partial charge on any atom is -0.496 e. The highest BCUT2D eigenvalue weighted by atomic mass is 32.1. The summed E-state index contributed by atoms with van der Waals surface area (Å²) in [6.45, 7) is 4.84. The molecule has 18 heavy (non-hydrogen) atoms. The molecule has 1 aromatic rings. The Balaban J connectivity index is 2.97. The highest BCUT2D eigenvalue weighted by molar-refractivity contribution is 7.81. The summed E-state index contributed by atoms with van der Waals surface area (Å²) in [5.41, 5.74) is 2.28. The van der Waals surface area contributed by atoms with Crippen molar-refractivity contribution >= 4 is 18.5 Å². The van der Waals surface area contributed by atoms with Crippen LogP contribution in [0.5, 0.6) is 5.75 Å². The molecule has 0 aliphatic rings. The number of methoxy groups -OCH3 is 1. The highest BCUT2D eigenvalue weighted by Crippen LogP contribution is 2.25. The van der Waals surface area contributed by atoms with Gasteiger partial charge in [-0.3, -0.25) is 4.79 Å². The van der Waals surface area contributed by atoms with E-state index in [1.165, 1.54) is 5.56 Å². The van der Waals surface area contributed by atoms with Crippen molar-refractivity contribution in [2.24, 2.45) is 0 Å². The molecule has 1 rings (SSSR count). The van der Waals surface area contributed by atoms with Crippen molar-refractivity contribution in [3.8, 4) is 5.75 Å². The second-order valence-electron chi connectivity index (χ2n) is 4.63. The summed E-state index contributed by atoms with van der Waals surface area (Å²) in [4.78, 5) is 13.2. The zero-order valence-electron chi connectivity index (χ0n) is 11.4. The van der Waals surface area contributed by atoms with Crippen molar-refractivity contribution in [3.05, 3.63) is 29.3 Å². The Bertz CT molecular complexity index is 418. The van der Waals surface area contributed by atoms with Gasteiger partial charge in [0.1, 0.15) is 5.75 Å². The van der Waals surface area contributed by atoms with Crippen LogP contribution in [0, 0.1) is 0 Å². The minimum absolute atomic E-state index is 0.00957. The first-order valence-corrected chi connectivity index (χ1v) is 6.64. The summed E-state index contributed by atoms with van der Waals surface area (Å²) in [7, 11) is 3.42. The summed E-state index contributed by atoms with van der Waals surface area (Å²) < 4.78 is 5.34. The van der Waals surface area contributed by atoms with Crippen LogP contribution in [0.1, 0.15) is 30.9 Å². The molecule has 0 aliphatic heterocycles. The van der Waals surface area contributed by atoms with Crippen LogP contribution in [0.25, 0.3) is 0 Å². The third-order valence-corrected chi connectivity index (χ3v) is 3.21. The Kier molecular flexibility index (Phi) is 5.54. The molecular weight excluding hydrogens is 246 g/mol. The lowest BCUT2D eigenvalue weighted by Gasteiger charge is -2.19. The zero-order chi connectivity index (χ0) is 13.7. The molecule has 0 aromatic heterocycles. The number of hydrogen-bond donors (Lipinski definition) is 1. The van der Waals surface area contributed by atoms with E-state index in [0.29, 0.717) is 12.5 Å². The van der Waals surface area contributed by atoms with Crippen LogP contribution in [0.15, 0.2) is 18.2 Å². The quantitative estimate of drug-likeness (QED) is 0.831. The standard InChI is InChI=1S/C14H21NO2S/c1-10(2)11-5-6-13(17-4)12(7-11)8-15(3)14(16)9-18/h5-7,10,18H,8-9H2,1-4H3. The fourth-order valence-electron chi connectivity index (χ4n) is 1.75. The van der Waals surface area contributed by atoms with E-state index < -0.39 is 0 Å². The van der Waals surface area contributed by atoms with Crippen LogP contribution in [-0.2, 0) is 11.3 Å². The molecule has 0 N–H and O–H groups in total. The summed E-state index contributed by atoms with van der Waals surface area (Å²) in [5, 5.41) is 0. The van der Waals surface area contributed by atoms with E-state index in [1.807, 2.05) is 6.07 Å². The predicted molar refractivity (Wildman–Crippen MR) is 77.4 cm³/mol. The number of hydrogen-bond acceptors (Lipinski definition) is 3. The maximum atomic E-state index is 11.5. The zero-order valence-corrected chi connectivity index (χ0v) is 12.3. The SMILES string of the molecule is COc1ccc(C(C)C)cc1CN(C)C(=O)CS. The molecule has 0 saturated carbocycles. The summed E-state index contributed by atoms with van der Waals surface area (Å²) >= 11 is 4.00. The Morgan fingerprint density at radius 1 is 1.44 bits per heavy atom. The van der Waals surface area contributed by atoms with Gasteiger partial charge in [0.2, 0.25) is 5.91 Å². The van der Waals surface area contributed by atoms with Crippen molar-refractivity contribution in [3.63, 3.8) is 0 Å². The van der Waals surface area contributed by atoms with Crippen molar-refractivity contribution in [1.29, 1.82) is 0 Å². The molecule has 1 amide bonds. The predicted octanol–water partition coefficient (Wildman–Crippen LogP) is 2.71. The number of benzene rings is 1. The lowest BCUT2D eigenvalue weighted by Crippen LogP contribution is -2.27. The molecule has 0 spiro atoms. The molecule has 1 aromatic carbocycles. The number of rotatable bonds is 5. The van der Waals surface area contributed by atoms with E-state index in [2.05, 4.69) is 38.6 Å². The third kappa shape index (κ3) is 3.67. The molecule has 0 bridgehead atoms. The van der Waals surface area contributed by atoms with Crippen molar-refractivity contribution in [1.82, 2.24) is 4.90 Å². The van der Waals surface area contributed by atoms with E-state index in [4.69, 9.17) is 4.74 Å². The van der Waals surface area contributed by atoms with E-state index >= 15 is 0 Å². The van der Waals surface area contributed by atoms with E-state index in [1.54, 1.807) is 19.1 Å². The van der Waals surface area contributed by atoms with Crippen LogP contribution in [-0.4, -0.2) is 30.7 Å². The number of ether oxygens (including phenoxy) is 1. The van der Waals surface area contributed by atoms with Gasteiger partial charge in [-0.15, -0.1) is 0 Å². The van der Waals surface area contributed by atoms with Gasteiger partial charge in [0.05, 0.1) is 12.9 Å². The average Bonchev–Trinajstić information content (AvgIpc) is 2.37. The summed E-state index contributed by atoms with van der Waals surface area (Å²) in [6.07, 6.45) is 0. The van der Waals surface area contributed by atoms with Crippen molar-refractivity contribution in [2.45, 2.75) is 26.3 Å². The lowest BCUT2D eigenvalue weighted by molar-refractivity contribution is -0.127. The molecule has 0 atom stereocenters. The first kappa shape index (κ1) is 14.9. The lowest BCUT2D eigenvalue weighted by atomic mass is 10.00. The number of carbonyl (C=O) groups is 1.